The van der Waals surface area contributed by atoms with E-state index in [1.165, 1.54) is 154 Å². The first-order valence-electron chi connectivity index (χ1n) is 31.6. The van der Waals surface area contributed by atoms with Gasteiger partial charge < -0.3 is 27.9 Å². The van der Waals surface area contributed by atoms with Crippen molar-refractivity contribution >= 4 is 19.8 Å². The fourth-order valence-electron chi connectivity index (χ4n) is 8.86. The van der Waals surface area contributed by atoms with Crippen molar-refractivity contribution in [2.24, 2.45) is 0 Å². The van der Waals surface area contributed by atoms with Crippen molar-refractivity contribution in [1.29, 1.82) is 0 Å². The number of hydrogen-bond acceptors (Lipinski definition) is 8. The lowest BCUT2D eigenvalue weighted by Gasteiger charge is -2.28. The molecule has 0 rings (SSSR count). The number of phosphoric acid groups is 1. The second kappa shape index (κ2) is 57.1. The quantitative estimate of drug-likeness (QED) is 0.0195. The molecule has 442 valence electrons. The Morgan fingerprint density at radius 2 is 0.750 bits per heavy atom. The maximum atomic E-state index is 12.8. The van der Waals surface area contributed by atoms with Gasteiger partial charge in [-0.15, -0.1) is 0 Å². The zero-order valence-corrected chi connectivity index (χ0v) is 51.1. The van der Waals surface area contributed by atoms with Crippen LogP contribution in [0, 0.1) is 0 Å². The number of carbonyl (C=O) groups excluding carboxylic acids is 2. The molecule has 2 atom stereocenters. The molecule has 0 aliphatic heterocycles. The number of allylic oxidation sites excluding steroid dienone is 12. The van der Waals surface area contributed by atoms with Crippen molar-refractivity contribution < 1.29 is 42.1 Å². The molecule has 76 heavy (non-hydrogen) atoms. The second-order valence-electron chi connectivity index (χ2n) is 22.4. The number of unbranched alkanes of at least 4 members (excludes halogenated alkanes) is 32. The van der Waals surface area contributed by atoms with Crippen molar-refractivity contribution in [1.82, 2.24) is 0 Å². The number of rotatable bonds is 58. The molecular weight excluding hydrogens is 966 g/mol. The molecule has 9 nitrogen and oxygen atoms in total. The van der Waals surface area contributed by atoms with Gasteiger partial charge in [0, 0.05) is 12.8 Å². The van der Waals surface area contributed by atoms with E-state index in [1.54, 1.807) is 0 Å². The van der Waals surface area contributed by atoms with E-state index in [1.807, 2.05) is 21.1 Å². The van der Waals surface area contributed by atoms with Crippen molar-refractivity contribution in [3.8, 4) is 0 Å². The Bertz CT molecular complexity index is 1510. The highest BCUT2D eigenvalue weighted by molar-refractivity contribution is 7.45. The second-order valence-corrected chi connectivity index (χ2v) is 23.8. The molecule has 0 N–H and O–H groups in total. The first-order chi connectivity index (χ1) is 37.0. The van der Waals surface area contributed by atoms with E-state index >= 15 is 0 Å². The molecule has 0 spiro atoms. The summed E-state index contributed by atoms with van der Waals surface area (Å²) in [5.41, 5.74) is 0. The summed E-state index contributed by atoms with van der Waals surface area (Å²) >= 11 is 0. The molecule has 0 amide bonds. The zero-order valence-electron chi connectivity index (χ0n) is 50.2. The number of likely N-dealkylation sites (N-methyl/N-ethyl adjacent to an activating group) is 1. The predicted octanol–water partition coefficient (Wildman–Crippen LogP) is 19.4. The molecule has 0 heterocycles. The normalized spacial score (nSPS) is 13.7. The fraction of sp³-hybridized carbons (Fsp3) is 0.788. The molecule has 0 aliphatic carbocycles. The summed E-state index contributed by atoms with van der Waals surface area (Å²) in [4.78, 5) is 37.8. The molecule has 2 unspecified atom stereocenters. The highest BCUT2D eigenvalue weighted by Crippen LogP contribution is 2.38. The van der Waals surface area contributed by atoms with Gasteiger partial charge in [0.2, 0.25) is 0 Å². The van der Waals surface area contributed by atoms with Crippen molar-refractivity contribution in [2.45, 2.75) is 290 Å². The largest absolute Gasteiger partial charge is 0.756 e. The summed E-state index contributed by atoms with van der Waals surface area (Å²) in [6.45, 7) is 4.06. The van der Waals surface area contributed by atoms with Gasteiger partial charge >= 0.3 is 11.9 Å². The van der Waals surface area contributed by atoms with Crippen LogP contribution in [0.25, 0.3) is 0 Å². The van der Waals surface area contributed by atoms with E-state index in [0.29, 0.717) is 23.9 Å². The van der Waals surface area contributed by atoms with Gasteiger partial charge in [-0.1, -0.05) is 267 Å². The van der Waals surface area contributed by atoms with E-state index in [9.17, 15) is 19.0 Å². The zero-order chi connectivity index (χ0) is 55.6. The van der Waals surface area contributed by atoms with E-state index in [4.69, 9.17) is 18.5 Å². The van der Waals surface area contributed by atoms with E-state index in [-0.39, 0.29) is 26.1 Å². The number of nitrogens with zero attached hydrogens (tertiary/aromatic N) is 1. The first kappa shape index (κ1) is 73.5. The number of esters is 2. The topological polar surface area (TPSA) is 111 Å². The van der Waals surface area contributed by atoms with Gasteiger partial charge in [-0.05, 0) is 77.0 Å². The molecule has 0 bridgehead atoms. The Hall–Kier alpha value is -2.55. The number of ether oxygens (including phenoxy) is 2. The van der Waals surface area contributed by atoms with Crippen LogP contribution in [0.1, 0.15) is 284 Å². The minimum absolute atomic E-state index is 0.0331. The predicted molar refractivity (Wildman–Crippen MR) is 323 cm³/mol. The highest BCUT2D eigenvalue weighted by Gasteiger charge is 2.22. The smallest absolute Gasteiger partial charge is 0.306 e. The third-order valence-corrected chi connectivity index (χ3v) is 14.7. The summed E-state index contributed by atoms with van der Waals surface area (Å²) in [6.07, 6.45) is 75.7. The van der Waals surface area contributed by atoms with Crippen LogP contribution >= 0.6 is 7.82 Å². The molecule has 0 aromatic heterocycles. The summed E-state index contributed by atoms with van der Waals surface area (Å²) in [7, 11) is 1.16. The average Bonchev–Trinajstić information content (AvgIpc) is 3.38. The Morgan fingerprint density at radius 1 is 0.421 bits per heavy atom. The minimum Gasteiger partial charge on any atom is -0.756 e. The first-order valence-corrected chi connectivity index (χ1v) is 33.1. The van der Waals surface area contributed by atoms with Crippen LogP contribution in [0.4, 0.5) is 0 Å². The third-order valence-electron chi connectivity index (χ3n) is 13.7. The number of quaternary nitrogens is 1. The van der Waals surface area contributed by atoms with Gasteiger partial charge in [0.25, 0.3) is 7.82 Å². The number of carbonyl (C=O) groups is 2. The molecule has 0 saturated heterocycles. The summed E-state index contributed by atoms with van der Waals surface area (Å²) in [5, 5.41) is 0. The SMILES string of the molecule is CC/C=C\C/C=C\C/C=C\C/C=C\CCCCCCCCCCCCCCCCCCCCCCCCCCCCC(=O)OC(COC(=O)CCCCCCC/C=C\C/C=C\CCC)COP(=O)([O-])OCC[N+](C)(C)C. The van der Waals surface area contributed by atoms with Crippen LogP contribution in [-0.2, 0) is 32.7 Å². The average molecular weight is 1090 g/mol. The van der Waals surface area contributed by atoms with Crippen LogP contribution < -0.4 is 4.89 Å². The summed E-state index contributed by atoms with van der Waals surface area (Å²) in [5.74, 6) is -0.842. The Kier molecular flexibility index (Phi) is 55.2. The number of hydrogen-bond donors (Lipinski definition) is 0. The lowest BCUT2D eigenvalue weighted by Crippen LogP contribution is -2.37. The van der Waals surface area contributed by atoms with E-state index < -0.39 is 32.5 Å². The maximum Gasteiger partial charge on any atom is 0.306 e. The number of phosphoric ester groups is 1. The Balaban J connectivity index is 3.88. The highest BCUT2D eigenvalue weighted by atomic mass is 31.2. The summed E-state index contributed by atoms with van der Waals surface area (Å²) < 4.78 is 34.1. The lowest BCUT2D eigenvalue weighted by molar-refractivity contribution is -0.870. The lowest BCUT2D eigenvalue weighted by atomic mass is 10.0. The monoisotopic (exact) mass is 1090 g/mol. The van der Waals surface area contributed by atoms with Gasteiger partial charge in [0.05, 0.1) is 27.7 Å². The fourth-order valence-corrected chi connectivity index (χ4v) is 9.59. The third kappa shape index (κ3) is 60.7. The Morgan fingerprint density at radius 3 is 1.12 bits per heavy atom. The molecule has 0 saturated carbocycles. The molecular formula is C66H120NO8P. The van der Waals surface area contributed by atoms with Crippen molar-refractivity contribution in [2.75, 3.05) is 47.5 Å². The van der Waals surface area contributed by atoms with Gasteiger partial charge in [0.15, 0.2) is 6.10 Å². The van der Waals surface area contributed by atoms with Crippen molar-refractivity contribution in [3.63, 3.8) is 0 Å². The van der Waals surface area contributed by atoms with Crippen LogP contribution in [0.2, 0.25) is 0 Å². The van der Waals surface area contributed by atoms with Gasteiger partial charge in [-0.25, -0.2) is 0 Å². The van der Waals surface area contributed by atoms with Crippen LogP contribution in [0.15, 0.2) is 72.9 Å². The van der Waals surface area contributed by atoms with Crippen LogP contribution in [0.5, 0.6) is 0 Å². The Labute approximate surface area is 469 Å². The molecule has 0 aliphatic rings. The van der Waals surface area contributed by atoms with E-state index in [0.717, 1.165) is 89.9 Å². The van der Waals surface area contributed by atoms with E-state index in [2.05, 4.69) is 86.8 Å². The summed E-state index contributed by atoms with van der Waals surface area (Å²) in [6, 6.07) is 0. The maximum absolute atomic E-state index is 12.8. The molecule has 10 heteroatoms. The minimum atomic E-state index is -4.64. The van der Waals surface area contributed by atoms with Crippen LogP contribution in [-0.4, -0.2) is 70.0 Å². The molecule has 0 aromatic rings. The van der Waals surface area contributed by atoms with Crippen LogP contribution in [0.3, 0.4) is 0 Å². The molecule has 0 aromatic carbocycles. The standard InChI is InChI=1S/C66H120NO8P/c1-6-8-10-12-14-16-18-20-21-22-23-24-25-26-27-28-29-30-31-32-33-34-35-36-37-38-39-40-41-42-43-44-45-47-49-51-53-55-57-59-66(69)75-64(63-74-76(70,71)73-61-60-67(3,4)5)62-72-65(68)58-56-54-52-50-48-46-19-17-15-13-11-9-7-2/h8,10-11,13-14,16-17,19-21,23-24,64H,6-7,9,12,15,18,22,25-63H2,1-5H3/b10-8-,13-11-,16-14-,19-17-,21-20-,24-23-. The molecule has 0 radical (unpaired) electrons. The van der Waals surface area contributed by atoms with Gasteiger partial charge in [0.1, 0.15) is 19.8 Å². The van der Waals surface area contributed by atoms with Crippen molar-refractivity contribution in [3.05, 3.63) is 72.9 Å². The van der Waals surface area contributed by atoms with Gasteiger partial charge in [-0.2, -0.15) is 0 Å². The molecule has 0 fully saturated rings. The van der Waals surface area contributed by atoms with Gasteiger partial charge in [-0.3, -0.25) is 14.2 Å².